The topological polar surface area (TPSA) is 38.5 Å². The van der Waals surface area contributed by atoms with E-state index in [-0.39, 0.29) is 0 Å². The van der Waals surface area contributed by atoms with E-state index in [0.29, 0.717) is 12.2 Å². The standard InChI is InChI=1S/C8H16N2O/c9-3-4-10-5-7-1-2-8(6-10)11-7/h7-8H,1-6,9H2/t7-,8+. The van der Waals surface area contributed by atoms with Gasteiger partial charge in [0.25, 0.3) is 0 Å². The lowest BCUT2D eigenvalue weighted by Gasteiger charge is -2.31. The molecule has 0 aromatic rings. The van der Waals surface area contributed by atoms with E-state index in [9.17, 15) is 0 Å². The molecule has 2 saturated heterocycles. The predicted octanol–water partition coefficient (Wildman–Crippen LogP) is -0.192. The van der Waals surface area contributed by atoms with Gasteiger partial charge in [-0.15, -0.1) is 0 Å². The summed E-state index contributed by atoms with van der Waals surface area (Å²) in [5.74, 6) is 0. The highest BCUT2D eigenvalue weighted by Gasteiger charge is 2.32. The highest BCUT2D eigenvalue weighted by atomic mass is 16.5. The van der Waals surface area contributed by atoms with E-state index in [1.807, 2.05) is 0 Å². The summed E-state index contributed by atoms with van der Waals surface area (Å²) in [5.41, 5.74) is 5.49. The summed E-state index contributed by atoms with van der Waals surface area (Å²) in [4.78, 5) is 2.42. The second kappa shape index (κ2) is 3.09. The van der Waals surface area contributed by atoms with Crippen LogP contribution in [0.2, 0.25) is 0 Å². The zero-order chi connectivity index (χ0) is 7.68. The third kappa shape index (κ3) is 1.55. The van der Waals surface area contributed by atoms with Crippen molar-refractivity contribution >= 4 is 0 Å². The van der Waals surface area contributed by atoms with Crippen LogP contribution < -0.4 is 5.73 Å². The Morgan fingerprint density at radius 3 is 2.45 bits per heavy atom. The largest absolute Gasteiger partial charge is 0.372 e. The smallest absolute Gasteiger partial charge is 0.0707 e. The first-order valence-corrected chi connectivity index (χ1v) is 4.46. The van der Waals surface area contributed by atoms with E-state index in [2.05, 4.69) is 4.90 Å². The molecule has 0 unspecified atom stereocenters. The summed E-state index contributed by atoms with van der Waals surface area (Å²) in [7, 11) is 0. The van der Waals surface area contributed by atoms with Gasteiger partial charge < -0.3 is 10.5 Å². The van der Waals surface area contributed by atoms with Crippen LogP contribution in [0.1, 0.15) is 12.8 Å². The minimum absolute atomic E-state index is 0.514. The first kappa shape index (κ1) is 7.53. The van der Waals surface area contributed by atoms with Crippen molar-refractivity contribution < 1.29 is 4.74 Å². The van der Waals surface area contributed by atoms with Crippen LogP contribution in [0.25, 0.3) is 0 Å². The van der Waals surface area contributed by atoms with Gasteiger partial charge in [-0.1, -0.05) is 0 Å². The monoisotopic (exact) mass is 156 g/mol. The predicted molar refractivity (Wildman–Crippen MR) is 43.4 cm³/mol. The summed E-state index contributed by atoms with van der Waals surface area (Å²) < 4.78 is 5.69. The van der Waals surface area contributed by atoms with Crippen LogP contribution in [-0.4, -0.2) is 43.3 Å². The number of nitrogens with zero attached hydrogens (tertiary/aromatic N) is 1. The second-order valence-electron chi connectivity index (χ2n) is 3.51. The molecule has 64 valence electrons. The van der Waals surface area contributed by atoms with Crippen molar-refractivity contribution in [2.45, 2.75) is 25.0 Å². The third-order valence-corrected chi connectivity index (χ3v) is 2.56. The summed E-state index contributed by atoms with van der Waals surface area (Å²) in [6.07, 6.45) is 3.54. The lowest BCUT2D eigenvalue weighted by Crippen LogP contribution is -2.44. The highest BCUT2D eigenvalue weighted by molar-refractivity contribution is 4.84. The number of hydrogen-bond acceptors (Lipinski definition) is 3. The lowest BCUT2D eigenvalue weighted by molar-refractivity contribution is -0.0370. The molecule has 2 fully saturated rings. The Bertz CT molecular complexity index is 128. The van der Waals surface area contributed by atoms with Crippen LogP contribution in [0, 0.1) is 0 Å². The van der Waals surface area contributed by atoms with Gasteiger partial charge in [0.15, 0.2) is 0 Å². The van der Waals surface area contributed by atoms with Crippen LogP contribution in [-0.2, 0) is 4.74 Å². The maximum absolute atomic E-state index is 5.69. The number of likely N-dealkylation sites (tertiary alicyclic amines) is 1. The summed E-state index contributed by atoms with van der Waals surface area (Å²) in [6, 6.07) is 0. The average molecular weight is 156 g/mol. The number of nitrogens with two attached hydrogens (primary N) is 1. The van der Waals surface area contributed by atoms with Gasteiger partial charge in [0.05, 0.1) is 12.2 Å². The zero-order valence-corrected chi connectivity index (χ0v) is 6.83. The van der Waals surface area contributed by atoms with Gasteiger partial charge in [-0.05, 0) is 12.8 Å². The van der Waals surface area contributed by atoms with E-state index in [0.717, 1.165) is 26.2 Å². The van der Waals surface area contributed by atoms with Crippen LogP contribution >= 0.6 is 0 Å². The molecule has 2 bridgehead atoms. The molecule has 0 saturated carbocycles. The minimum Gasteiger partial charge on any atom is -0.372 e. The molecule has 2 N–H and O–H groups in total. The zero-order valence-electron chi connectivity index (χ0n) is 6.83. The summed E-state index contributed by atoms with van der Waals surface area (Å²) in [6.45, 7) is 4.03. The molecule has 3 heteroatoms. The first-order valence-electron chi connectivity index (χ1n) is 4.46. The molecule has 0 aliphatic carbocycles. The Morgan fingerprint density at radius 2 is 1.91 bits per heavy atom. The average Bonchev–Trinajstić information content (AvgIpc) is 2.32. The SMILES string of the molecule is NCCN1C[C@H]2CC[C@@H](C1)O2. The van der Waals surface area contributed by atoms with Gasteiger partial charge >= 0.3 is 0 Å². The van der Waals surface area contributed by atoms with Crippen molar-refractivity contribution in [1.29, 1.82) is 0 Å². The maximum atomic E-state index is 5.69. The van der Waals surface area contributed by atoms with Gasteiger partial charge in [-0.25, -0.2) is 0 Å². The summed E-state index contributed by atoms with van der Waals surface area (Å²) in [5, 5.41) is 0. The molecule has 0 radical (unpaired) electrons. The lowest BCUT2D eigenvalue weighted by atomic mass is 10.2. The maximum Gasteiger partial charge on any atom is 0.0707 e. The van der Waals surface area contributed by atoms with Crippen LogP contribution in [0.3, 0.4) is 0 Å². The molecule has 0 aromatic heterocycles. The van der Waals surface area contributed by atoms with Crippen molar-refractivity contribution in [1.82, 2.24) is 4.90 Å². The Balaban J connectivity index is 1.87. The fourth-order valence-electron chi connectivity index (χ4n) is 2.06. The van der Waals surface area contributed by atoms with Crippen LogP contribution in [0.15, 0.2) is 0 Å². The fraction of sp³-hybridized carbons (Fsp3) is 1.00. The number of morpholine rings is 1. The minimum atomic E-state index is 0.514. The van der Waals surface area contributed by atoms with Crippen molar-refractivity contribution in [2.24, 2.45) is 5.73 Å². The molecule has 3 nitrogen and oxygen atoms in total. The van der Waals surface area contributed by atoms with Crippen LogP contribution in [0.5, 0.6) is 0 Å². The van der Waals surface area contributed by atoms with E-state index in [1.165, 1.54) is 12.8 Å². The molecule has 2 atom stereocenters. The van der Waals surface area contributed by atoms with Gasteiger partial charge in [0.1, 0.15) is 0 Å². The van der Waals surface area contributed by atoms with Gasteiger partial charge in [0, 0.05) is 26.2 Å². The highest BCUT2D eigenvalue weighted by Crippen LogP contribution is 2.25. The number of hydrogen-bond donors (Lipinski definition) is 1. The van der Waals surface area contributed by atoms with Gasteiger partial charge in [-0.2, -0.15) is 0 Å². The van der Waals surface area contributed by atoms with Gasteiger partial charge in [-0.3, -0.25) is 4.90 Å². The van der Waals surface area contributed by atoms with Crippen molar-refractivity contribution in [3.8, 4) is 0 Å². The molecule has 0 spiro atoms. The van der Waals surface area contributed by atoms with E-state index in [1.54, 1.807) is 0 Å². The number of ether oxygens (including phenoxy) is 1. The Hall–Kier alpha value is -0.120. The summed E-state index contributed by atoms with van der Waals surface area (Å²) >= 11 is 0. The normalized spacial score (nSPS) is 37.9. The Labute approximate surface area is 67.5 Å². The Kier molecular flexibility index (Phi) is 2.11. The fourth-order valence-corrected chi connectivity index (χ4v) is 2.06. The molecule has 2 heterocycles. The first-order chi connectivity index (χ1) is 5.38. The van der Waals surface area contributed by atoms with E-state index >= 15 is 0 Å². The Morgan fingerprint density at radius 1 is 1.27 bits per heavy atom. The molecule has 2 rings (SSSR count). The molecule has 2 aliphatic rings. The van der Waals surface area contributed by atoms with Gasteiger partial charge in [0.2, 0.25) is 0 Å². The van der Waals surface area contributed by atoms with E-state index in [4.69, 9.17) is 10.5 Å². The molecule has 2 aliphatic heterocycles. The quantitative estimate of drug-likeness (QED) is 0.602. The molecule has 11 heavy (non-hydrogen) atoms. The molecule has 0 aromatic carbocycles. The second-order valence-corrected chi connectivity index (χ2v) is 3.51. The van der Waals surface area contributed by atoms with Crippen molar-refractivity contribution in [3.05, 3.63) is 0 Å². The molecular weight excluding hydrogens is 140 g/mol. The number of fused-ring (bicyclic) bond motifs is 2. The van der Waals surface area contributed by atoms with Crippen molar-refractivity contribution in [3.63, 3.8) is 0 Å². The van der Waals surface area contributed by atoms with Crippen molar-refractivity contribution in [2.75, 3.05) is 26.2 Å². The molecular formula is C8H16N2O. The number of rotatable bonds is 2. The molecule has 0 amide bonds. The van der Waals surface area contributed by atoms with E-state index < -0.39 is 0 Å². The third-order valence-electron chi connectivity index (χ3n) is 2.56. The van der Waals surface area contributed by atoms with Crippen LogP contribution in [0.4, 0.5) is 0 Å².